The monoisotopic (exact) mass is 409 g/mol. The highest BCUT2D eigenvalue weighted by Gasteiger charge is 2.16. The fourth-order valence-electron chi connectivity index (χ4n) is 4.87. The van der Waals surface area contributed by atoms with Crippen LogP contribution in [0, 0.1) is 0 Å². The number of hydrogen-bond acceptors (Lipinski definition) is 1. The molecule has 32 heavy (non-hydrogen) atoms. The number of nitrogens with zero attached hydrogens (tertiary/aromatic N) is 1. The summed E-state index contributed by atoms with van der Waals surface area (Å²) >= 11 is 0. The minimum absolute atomic E-state index is 1.18. The molecule has 1 heteroatoms. The number of rotatable bonds is 3. The predicted octanol–water partition coefficient (Wildman–Crippen LogP) is 8.58. The first kappa shape index (κ1) is 18.7. The second-order valence-corrected chi connectivity index (χ2v) is 8.27. The second-order valence-electron chi connectivity index (χ2n) is 8.27. The molecule has 0 unspecified atom stereocenters. The van der Waals surface area contributed by atoms with Gasteiger partial charge in [0.2, 0.25) is 0 Å². The van der Waals surface area contributed by atoms with Crippen LogP contribution in [0.15, 0.2) is 121 Å². The third-order valence-electron chi connectivity index (χ3n) is 6.43. The van der Waals surface area contributed by atoms with E-state index in [1.807, 2.05) is 0 Å². The van der Waals surface area contributed by atoms with Crippen molar-refractivity contribution < 1.29 is 0 Å². The van der Waals surface area contributed by atoms with Gasteiger partial charge < -0.3 is 4.90 Å². The van der Waals surface area contributed by atoms with Crippen molar-refractivity contribution in [2.24, 2.45) is 0 Å². The summed E-state index contributed by atoms with van der Waals surface area (Å²) in [4.78, 5) is 2.30. The molecule has 6 aromatic rings. The number of anilines is 2. The lowest BCUT2D eigenvalue weighted by Crippen LogP contribution is -2.10. The van der Waals surface area contributed by atoms with Crippen LogP contribution in [0.1, 0.15) is 0 Å². The van der Waals surface area contributed by atoms with E-state index >= 15 is 0 Å². The molecule has 0 saturated heterocycles. The zero-order chi connectivity index (χ0) is 21.5. The predicted molar refractivity (Wildman–Crippen MR) is 139 cm³/mol. The van der Waals surface area contributed by atoms with Crippen LogP contribution in [-0.4, -0.2) is 7.05 Å². The van der Waals surface area contributed by atoms with Crippen molar-refractivity contribution in [3.05, 3.63) is 121 Å². The number of fused-ring (bicyclic) bond motifs is 5. The van der Waals surface area contributed by atoms with Gasteiger partial charge in [0.05, 0.1) is 0 Å². The maximum absolute atomic E-state index is 2.37. The summed E-state index contributed by atoms with van der Waals surface area (Å²) in [5, 5.41) is 7.71. The zero-order valence-electron chi connectivity index (χ0n) is 18.0. The van der Waals surface area contributed by atoms with Crippen molar-refractivity contribution >= 4 is 43.7 Å². The standard InChI is InChI=1S/C31H23N/c1-32(24-15-6-3-7-16-24)30-21-29-25-17-9-8-14-23(25)20-28(22-12-4-2-5-13-22)31(29)27-19-11-10-18-26(27)30/h2-21H,1H3. The first-order chi connectivity index (χ1) is 15.8. The molecule has 0 aliphatic heterocycles. The molecule has 1 nitrogen and oxygen atoms in total. The lowest BCUT2D eigenvalue weighted by atomic mass is 9.89. The van der Waals surface area contributed by atoms with E-state index in [9.17, 15) is 0 Å². The van der Waals surface area contributed by atoms with E-state index in [2.05, 4.69) is 133 Å². The Bertz CT molecular complexity index is 1570. The van der Waals surface area contributed by atoms with Crippen molar-refractivity contribution in [2.75, 3.05) is 11.9 Å². The van der Waals surface area contributed by atoms with E-state index in [0.717, 1.165) is 0 Å². The van der Waals surface area contributed by atoms with Gasteiger partial charge in [-0.1, -0.05) is 97.1 Å². The maximum atomic E-state index is 2.37. The van der Waals surface area contributed by atoms with E-state index in [4.69, 9.17) is 0 Å². The largest absolute Gasteiger partial charge is 0.344 e. The van der Waals surface area contributed by atoms with Gasteiger partial charge in [0.25, 0.3) is 0 Å². The van der Waals surface area contributed by atoms with E-state index in [-0.39, 0.29) is 0 Å². The Morgan fingerprint density at radius 1 is 0.500 bits per heavy atom. The molecule has 0 aliphatic rings. The highest BCUT2D eigenvalue weighted by molar-refractivity contribution is 6.25. The molecular formula is C31H23N. The van der Waals surface area contributed by atoms with Crippen LogP contribution in [0.25, 0.3) is 43.4 Å². The van der Waals surface area contributed by atoms with Gasteiger partial charge >= 0.3 is 0 Å². The fraction of sp³-hybridized carbons (Fsp3) is 0.0323. The van der Waals surface area contributed by atoms with Crippen molar-refractivity contribution in [3.8, 4) is 11.1 Å². The van der Waals surface area contributed by atoms with Crippen LogP contribution in [0.2, 0.25) is 0 Å². The number of para-hydroxylation sites is 1. The fourth-order valence-corrected chi connectivity index (χ4v) is 4.87. The van der Waals surface area contributed by atoms with Crippen molar-refractivity contribution in [1.29, 1.82) is 0 Å². The summed E-state index contributed by atoms with van der Waals surface area (Å²) in [6.45, 7) is 0. The average Bonchev–Trinajstić information content (AvgIpc) is 2.88. The molecule has 0 aromatic heterocycles. The molecule has 6 rings (SSSR count). The Hall–Kier alpha value is -4.10. The summed E-state index contributed by atoms with van der Waals surface area (Å²) in [5.74, 6) is 0. The topological polar surface area (TPSA) is 3.24 Å². The molecule has 0 fully saturated rings. The van der Waals surface area contributed by atoms with Gasteiger partial charge in [-0.25, -0.2) is 0 Å². The molecule has 0 N–H and O–H groups in total. The Kier molecular flexibility index (Phi) is 4.40. The maximum Gasteiger partial charge on any atom is 0.0494 e. The van der Waals surface area contributed by atoms with Crippen LogP contribution in [0.4, 0.5) is 11.4 Å². The first-order valence-electron chi connectivity index (χ1n) is 11.0. The van der Waals surface area contributed by atoms with Crippen molar-refractivity contribution in [2.45, 2.75) is 0 Å². The normalized spacial score (nSPS) is 11.3. The quantitative estimate of drug-likeness (QED) is 0.265. The Labute approximate surface area is 188 Å². The van der Waals surface area contributed by atoms with E-state index in [0.29, 0.717) is 0 Å². The minimum Gasteiger partial charge on any atom is -0.344 e. The van der Waals surface area contributed by atoms with E-state index < -0.39 is 0 Å². The lowest BCUT2D eigenvalue weighted by molar-refractivity contribution is 1.22. The molecule has 0 amide bonds. The molecule has 152 valence electrons. The molecule has 6 aromatic carbocycles. The summed E-state index contributed by atoms with van der Waals surface area (Å²) < 4.78 is 0. The SMILES string of the molecule is CN(c1ccccc1)c1cc2c3ccccc3cc(-c3ccccc3)c2c2ccccc12. The summed E-state index contributed by atoms with van der Waals surface area (Å²) in [6, 6.07) is 43.6. The van der Waals surface area contributed by atoms with Gasteiger partial charge in [-0.3, -0.25) is 0 Å². The highest BCUT2D eigenvalue weighted by atomic mass is 15.1. The van der Waals surface area contributed by atoms with Crippen LogP contribution < -0.4 is 4.90 Å². The van der Waals surface area contributed by atoms with Gasteiger partial charge in [0.15, 0.2) is 0 Å². The highest BCUT2D eigenvalue weighted by Crippen LogP contribution is 2.43. The van der Waals surface area contributed by atoms with Gasteiger partial charge in [0, 0.05) is 23.8 Å². The number of hydrogen-bond donors (Lipinski definition) is 0. The first-order valence-corrected chi connectivity index (χ1v) is 11.0. The van der Waals surface area contributed by atoms with Crippen LogP contribution >= 0.6 is 0 Å². The van der Waals surface area contributed by atoms with Crippen molar-refractivity contribution in [1.82, 2.24) is 0 Å². The van der Waals surface area contributed by atoms with E-state index in [1.54, 1.807) is 0 Å². The van der Waals surface area contributed by atoms with Gasteiger partial charge in [-0.15, -0.1) is 0 Å². The van der Waals surface area contributed by atoms with Crippen LogP contribution in [0.5, 0.6) is 0 Å². The second kappa shape index (κ2) is 7.55. The molecule has 0 heterocycles. The van der Waals surface area contributed by atoms with Crippen molar-refractivity contribution in [3.63, 3.8) is 0 Å². The molecule has 0 aliphatic carbocycles. The molecule has 0 radical (unpaired) electrons. The number of benzene rings is 6. The third kappa shape index (κ3) is 2.94. The van der Waals surface area contributed by atoms with E-state index in [1.165, 1.54) is 54.8 Å². The Balaban J connectivity index is 1.79. The lowest BCUT2D eigenvalue weighted by Gasteiger charge is -2.24. The molecule has 0 bridgehead atoms. The molecular weight excluding hydrogens is 386 g/mol. The smallest absolute Gasteiger partial charge is 0.0494 e. The zero-order valence-corrected chi connectivity index (χ0v) is 18.0. The summed E-state index contributed by atoms with van der Waals surface area (Å²) in [6.07, 6.45) is 0. The van der Waals surface area contributed by atoms with Gasteiger partial charge in [-0.05, 0) is 62.3 Å². The summed E-state index contributed by atoms with van der Waals surface area (Å²) in [5.41, 5.74) is 4.93. The van der Waals surface area contributed by atoms with Crippen LogP contribution in [0.3, 0.4) is 0 Å². The van der Waals surface area contributed by atoms with Crippen LogP contribution in [-0.2, 0) is 0 Å². The third-order valence-corrected chi connectivity index (χ3v) is 6.43. The van der Waals surface area contributed by atoms with Gasteiger partial charge in [0.1, 0.15) is 0 Å². The minimum atomic E-state index is 1.18. The van der Waals surface area contributed by atoms with Gasteiger partial charge in [-0.2, -0.15) is 0 Å². The Morgan fingerprint density at radius 2 is 1.09 bits per heavy atom. The Morgan fingerprint density at radius 3 is 1.84 bits per heavy atom. The summed E-state index contributed by atoms with van der Waals surface area (Å²) in [7, 11) is 2.16. The average molecular weight is 410 g/mol. The molecule has 0 atom stereocenters. The molecule has 0 spiro atoms. The molecule has 0 saturated carbocycles.